The highest BCUT2D eigenvalue weighted by molar-refractivity contribution is 5.97. The number of carbonyl (C=O) groups is 1. The standard InChI is InChI=1S/C16H24O2/c17-15(13-6-3-1-2-4-7-13)14-8-11-18-16(12-14)9-5-10-16/h6,14H,1-5,7-12H2. The molecule has 1 saturated heterocycles. The average Bonchev–Trinajstić information content (AvgIpc) is 2.65. The predicted octanol–water partition coefficient (Wildman–Crippen LogP) is 3.80. The number of carbonyl (C=O) groups excluding carboxylic acids is 1. The summed E-state index contributed by atoms with van der Waals surface area (Å²) < 4.78 is 5.92. The van der Waals surface area contributed by atoms with Crippen molar-refractivity contribution in [1.82, 2.24) is 0 Å². The molecule has 2 aliphatic carbocycles. The monoisotopic (exact) mass is 248 g/mol. The molecule has 0 bridgehead atoms. The van der Waals surface area contributed by atoms with Crippen LogP contribution in [0.25, 0.3) is 0 Å². The molecular formula is C16H24O2. The van der Waals surface area contributed by atoms with Crippen molar-refractivity contribution in [3.63, 3.8) is 0 Å². The molecule has 1 saturated carbocycles. The minimum atomic E-state index is 0.101. The van der Waals surface area contributed by atoms with Crippen molar-refractivity contribution in [3.05, 3.63) is 11.6 Å². The van der Waals surface area contributed by atoms with E-state index in [0.717, 1.165) is 37.9 Å². The van der Waals surface area contributed by atoms with Gasteiger partial charge in [-0.05, 0) is 63.4 Å². The molecule has 0 radical (unpaired) electrons. The third-order valence-electron chi connectivity index (χ3n) is 4.99. The summed E-state index contributed by atoms with van der Waals surface area (Å²) in [5.41, 5.74) is 1.23. The first-order valence-corrected chi connectivity index (χ1v) is 7.66. The summed E-state index contributed by atoms with van der Waals surface area (Å²) in [5.74, 6) is 0.704. The lowest BCUT2D eigenvalue weighted by Crippen LogP contribution is -2.47. The van der Waals surface area contributed by atoms with Gasteiger partial charge in [0.15, 0.2) is 5.78 Å². The summed E-state index contributed by atoms with van der Waals surface area (Å²) in [6.07, 6.45) is 13.7. The van der Waals surface area contributed by atoms with Crippen molar-refractivity contribution in [3.8, 4) is 0 Å². The number of ketones is 1. The number of ether oxygens (including phenoxy) is 1. The van der Waals surface area contributed by atoms with Crippen LogP contribution < -0.4 is 0 Å². The molecule has 0 aromatic rings. The normalized spacial score (nSPS) is 31.3. The molecule has 0 aromatic carbocycles. The Morgan fingerprint density at radius 2 is 2.11 bits per heavy atom. The molecule has 1 aliphatic heterocycles. The molecule has 2 nitrogen and oxygen atoms in total. The molecule has 2 heteroatoms. The van der Waals surface area contributed by atoms with Crippen LogP contribution in [0.3, 0.4) is 0 Å². The van der Waals surface area contributed by atoms with E-state index in [4.69, 9.17) is 4.74 Å². The van der Waals surface area contributed by atoms with E-state index in [0.29, 0.717) is 5.78 Å². The number of rotatable bonds is 2. The van der Waals surface area contributed by atoms with E-state index in [1.165, 1.54) is 38.5 Å². The van der Waals surface area contributed by atoms with Gasteiger partial charge in [-0.1, -0.05) is 12.5 Å². The van der Waals surface area contributed by atoms with Gasteiger partial charge in [0.2, 0.25) is 0 Å². The van der Waals surface area contributed by atoms with E-state index in [1.807, 2.05) is 0 Å². The molecule has 2 fully saturated rings. The van der Waals surface area contributed by atoms with Gasteiger partial charge in [-0.2, -0.15) is 0 Å². The van der Waals surface area contributed by atoms with Crippen LogP contribution >= 0.6 is 0 Å². The maximum absolute atomic E-state index is 12.6. The highest BCUT2D eigenvalue weighted by Crippen LogP contribution is 2.45. The molecule has 0 aromatic heterocycles. The van der Waals surface area contributed by atoms with Crippen LogP contribution in [0.15, 0.2) is 11.6 Å². The van der Waals surface area contributed by atoms with E-state index < -0.39 is 0 Å². The first kappa shape index (κ1) is 12.4. The third kappa shape index (κ3) is 2.40. The molecule has 1 heterocycles. The Kier molecular flexibility index (Phi) is 3.56. The second-order valence-electron chi connectivity index (χ2n) is 6.27. The number of hydrogen-bond donors (Lipinski definition) is 0. The number of Topliss-reactive ketones (excluding diaryl/α,β-unsaturated/α-hetero) is 1. The quantitative estimate of drug-likeness (QED) is 0.743. The van der Waals surface area contributed by atoms with Crippen LogP contribution in [-0.4, -0.2) is 18.0 Å². The maximum atomic E-state index is 12.6. The van der Waals surface area contributed by atoms with E-state index in [-0.39, 0.29) is 11.5 Å². The summed E-state index contributed by atoms with van der Waals surface area (Å²) >= 11 is 0. The minimum absolute atomic E-state index is 0.101. The largest absolute Gasteiger partial charge is 0.375 e. The van der Waals surface area contributed by atoms with Gasteiger partial charge in [-0.25, -0.2) is 0 Å². The summed E-state index contributed by atoms with van der Waals surface area (Å²) in [4.78, 5) is 12.6. The van der Waals surface area contributed by atoms with Gasteiger partial charge in [0.1, 0.15) is 0 Å². The van der Waals surface area contributed by atoms with Crippen LogP contribution in [0, 0.1) is 5.92 Å². The molecule has 3 rings (SSSR count). The molecule has 1 spiro atoms. The Morgan fingerprint density at radius 1 is 1.22 bits per heavy atom. The Hall–Kier alpha value is -0.630. The van der Waals surface area contributed by atoms with Crippen LogP contribution in [0.1, 0.15) is 64.2 Å². The second-order valence-corrected chi connectivity index (χ2v) is 6.27. The number of allylic oxidation sites excluding steroid dienone is 2. The molecule has 0 amide bonds. The Balaban J connectivity index is 1.66. The van der Waals surface area contributed by atoms with Gasteiger partial charge in [0.05, 0.1) is 5.60 Å². The Bertz CT molecular complexity index is 352. The van der Waals surface area contributed by atoms with Gasteiger partial charge in [0.25, 0.3) is 0 Å². The van der Waals surface area contributed by atoms with Crippen molar-refractivity contribution in [1.29, 1.82) is 0 Å². The lowest BCUT2D eigenvalue weighted by Gasteiger charge is -2.47. The van der Waals surface area contributed by atoms with Crippen molar-refractivity contribution >= 4 is 5.78 Å². The van der Waals surface area contributed by atoms with Crippen molar-refractivity contribution in [2.75, 3.05) is 6.61 Å². The maximum Gasteiger partial charge on any atom is 0.161 e. The van der Waals surface area contributed by atoms with Gasteiger partial charge < -0.3 is 4.74 Å². The van der Waals surface area contributed by atoms with Crippen LogP contribution in [0.2, 0.25) is 0 Å². The van der Waals surface area contributed by atoms with Crippen molar-refractivity contribution < 1.29 is 9.53 Å². The predicted molar refractivity (Wildman–Crippen MR) is 71.4 cm³/mol. The molecular weight excluding hydrogens is 224 g/mol. The average molecular weight is 248 g/mol. The summed E-state index contributed by atoms with van der Waals surface area (Å²) in [6, 6.07) is 0. The highest BCUT2D eigenvalue weighted by atomic mass is 16.5. The fraction of sp³-hybridized carbons (Fsp3) is 0.812. The number of hydrogen-bond acceptors (Lipinski definition) is 2. The first-order valence-electron chi connectivity index (χ1n) is 7.66. The summed E-state index contributed by atoms with van der Waals surface area (Å²) in [7, 11) is 0. The van der Waals surface area contributed by atoms with E-state index in [9.17, 15) is 4.79 Å². The molecule has 1 unspecified atom stereocenters. The first-order chi connectivity index (χ1) is 8.79. The zero-order valence-corrected chi connectivity index (χ0v) is 11.2. The van der Waals surface area contributed by atoms with E-state index in [1.54, 1.807) is 0 Å². The highest BCUT2D eigenvalue weighted by Gasteiger charge is 2.44. The smallest absolute Gasteiger partial charge is 0.161 e. The van der Waals surface area contributed by atoms with Gasteiger partial charge >= 0.3 is 0 Å². The zero-order chi connectivity index (χ0) is 12.4. The lowest BCUT2D eigenvalue weighted by molar-refractivity contribution is -0.153. The summed E-state index contributed by atoms with van der Waals surface area (Å²) in [6.45, 7) is 0.795. The van der Waals surface area contributed by atoms with E-state index >= 15 is 0 Å². The fourth-order valence-corrected chi connectivity index (χ4v) is 3.67. The van der Waals surface area contributed by atoms with Gasteiger partial charge in [0, 0.05) is 12.5 Å². The van der Waals surface area contributed by atoms with Gasteiger partial charge in [-0.15, -0.1) is 0 Å². The van der Waals surface area contributed by atoms with Crippen LogP contribution in [0.5, 0.6) is 0 Å². The van der Waals surface area contributed by atoms with Crippen molar-refractivity contribution in [2.45, 2.75) is 69.8 Å². The molecule has 1 atom stereocenters. The summed E-state index contributed by atoms with van der Waals surface area (Å²) in [5, 5.41) is 0. The zero-order valence-electron chi connectivity index (χ0n) is 11.2. The second kappa shape index (κ2) is 5.16. The Morgan fingerprint density at radius 3 is 2.89 bits per heavy atom. The minimum Gasteiger partial charge on any atom is -0.375 e. The molecule has 0 N–H and O–H groups in total. The van der Waals surface area contributed by atoms with Crippen LogP contribution in [0.4, 0.5) is 0 Å². The topological polar surface area (TPSA) is 26.3 Å². The van der Waals surface area contributed by atoms with Crippen LogP contribution in [-0.2, 0) is 9.53 Å². The molecule has 18 heavy (non-hydrogen) atoms. The molecule has 3 aliphatic rings. The third-order valence-corrected chi connectivity index (χ3v) is 4.99. The molecule has 100 valence electrons. The van der Waals surface area contributed by atoms with Gasteiger partial charge in [-0.3, -0.25) is 4.79 Å². The van der Waals surface area contributed by atoms with E-state index in [2.05, 4.69) is 6.08 Å². The SMILES string of the molecule is O=C(C1=CCCCCC1)C1CCOC2(CCC2)C1. The fourth-order valence-electron chi connectivity index (χ4n) is 3.67. The van der Waals surface area contributed by atoms with Crippen molar-refractivity contribution in [2.24, 2.45) is 5.92 Å². The Labute approximate surface area is 110 Å². The lowest BCUT2D eigenvalue weighted by atomic mass is 9.70.